The van der Waals surface area contributed by atoms with Gasteiger partial charge in [0.1, 0.15) is 0 Å². The zero-order valence-corrected chi connectivity index (χ0v) is 18.5. The monoisotopic (exact) mass is 430 g/mol. The minimum atomic E-state index is -0.324. The molecular formula is C21H24BBrO2S. The lowest BCUT2D eigenvalue weighted by molar-refractivity contribution is 0.00578. The molecule has 0 aliphatic carbocycles. The van der Waals surface area contributed by atoms with E-state index in [0.717, 1.165) is 9.94 Å². The highest BCUT2D eigenvalue weighted by atomic mass is 79.9. The summed E-state index contributed by atoms with van der Waals surface area (Å²) in [6.07, 6.45) is 0. The van der Waals surface area contributed by atoms with Crippen molar-refractivity contribution in [2.45, 2.75) is 68.0 Å². The van der Waals surface area contributed by atoms with E-state index in [9.17, 15) is 0 Å². The highest BCUT2D eigenvalue weighted by Crippen LogP contribution is 2.49. The van der Waals surface area contributed by atoms with E-state index in [1.165, 1.54) is 20.9 Å². The normalized spacial score (nSPS) is 22.0. The van der Waals surface area contributed by atoms with Crippen LogP contribution in [-0.2, 0) is 14.7 Å². The van der Waals surface area contributed by atoms with Crippen molar-refractivity contribution in [3.05, 3.63) is 52.0 Å². The lowest BCUT2D eigenvalue weighted by atomic mass is 9.72. The average Bonchev–Trinajstić information content (AvgIpc) is 2.76. The summed E-state index contributed by atoms with van der Waals surface area (Å²) in [5, 5.41) is 0. The first-order chi connectivity index (χ1) is 12.0. The maximum atomic E-state index is 6.26. The Bertz CT molecular complexity index is 876. The molecule has 0 radical (unpaired) electrons. The lowest BCUT2D eigenvalue weighted by Crippen LogP contribution is -2.41. The average molecular weight is 431 g/mol. The Hall–Kier alpha value is -0.745. The predicted molar refractivity (Wildman–Crippen MR) is 113 cm³/mol. The van der Waals surface area contributed by atoms with Gasteiger partial charge in [0.25, 0.3) is 0 Å². The van der Waals surface area contributed by atoms with Crippen molar-refractivity contribution < 1.29 is 9.31 Å². The Morgan fingerprint density at radius 1 is 0.808 bits per heavy atom. The molecule has 0 atom stereocenters. The van der Waals surface area contributed by atoms with Crippen LogP contribution in [0, 0.1) is 0 Å². The molecule has 0 spiro atoms. The molecule has 1 fully saturated rings. The van der Waals surface area contributed by atoms with Gasteiger partial charge in [0, 0.05) is 19.7 Å². The Kier molecular flexibility index (Phi) is 4.20. The van der Waals surface area contributed by atoms with E-state index in [4.69, 9.17) is 9.31 Å². The van der Waals surface area contributed by atoms with Gasteiger partial charge in [0.2, 0.25) is 0 Å². The number of hydrogen-bond acceptors (Lipinski definition) is 3. The molecule has 2 heterocycles. The van der Waals surface area contributed by atoms with Crippen LogP contribution in [0.25, 0.3) is 0 Å². The van der Waals surface area contributed by atoms with E-state index in [0.29, 0.717) is 0 Å². The molecule has 2 aliphatic rings. The molecule has 2 aromatic rings. The molecule has 0 aromatic heterocycles. The molecule has 2 nitrogen and oxygen atoms in total. The number of benzene rings is 2. The van der Waals surface area contributed by atoms with Crippen molar-refractivity contribution in [2.24, 2.45) is 0 Å². The van der Waals surface area contributed by atoms with Crippen LogP contribution in [0.4, 0.5) is 0 Å². The second kappa shape index (κ2) is 5.87. The SMILES string of the molecule is CC1(C)c2cc(Br)ccc2Sc2ccc(B3OC(C)(C)C(C)(C)O3)cc21. The maximum absolute atomic E-state index is 6.26. The fraction of sp³-hybridized carbons (Fsp3) is 0.429. The van der Waals surface area contributed by atoms with Crippen LogP contribution in [0.5, 0.6) is 0 Å². The minimum Gasteiger partial charge on any atom is -0.399 e. The Morgan fingerprint density at radius 3 is 1.96 bits per heavy atom. The second-order valence-corrected chi connectivity index (χ2v) is 10.7. The van der Waals surface area contributed by atoms with Crippen LogP contribution in [0.2, 0.25) is 0 Å². The molecule has 0 amide bonds. The third kappa shape index (κ3) is 2.79. The summed E-state index contributed by atoms with van der Waals surface area (Å²) >= 11 is 5.47. The number of rotatable bonds is 1. The third-order valence-corrected chi connectivity index (χ3v) is 7.68. The van der Waals surface area contributed by atoms with Crippen LogP contribution >= 0.6 is 27.7 Å². The first-order valence-electron chi connectivity index (χ1n) is 8.99. The van der Waals surface area contributed by atoms with Crippen molar-refractivity contribution in [1.29, 1.82) is 0 Å². The molecule has 2 aromatic carbocycles. The van der Waals surface area contributed by atoms with Crippen LogP contribution in [0.1, 0.15) is 52.7 Å². The molecule has 0 N–H and O–H groups in total. The van der Waals surface area contributed by atoms with E-state index in [-0.39, 0.29) is 23.7 Å². The van der Waals surface area contributed by atoms with E-state index in [2.05, 4.69) is 93.9 Å². The maximum Gasteiger partial charge on any atom is 0.494 e. The van der Waals surface area contributed by atoms with Crippen molar-refractivity contribution in [2.75, 3.05) is 0 Å². The van der Waals surface area contributed by atoms with Crippen LogP contribution in [-0.4, -0.2) is 18.3 Å². The molecule has 0 bridgehead atoms. The first-order valence-corrected chi connectivity index (χ1v) is 10.6. The van der Waals surface area contributed by atoms with Crippen molar-refractivity contribution >= 4 is 40.3 Å². The topological polar surface area (TPSA) is 18.5 Å². The summed E-state index contributed by atoms with van der Waals surface area (Å²) in [7, 11) is -0.324. The standard InChI is InChI=1S/C21H24BBrO2S/c1-19(2)15-11-13(22-24-20(3,4)21(5,6)25-22)7-9-17(15)26-18-10-8-14(23)12-16(18)19/h7-12H,1-6H3. The second-order valence-electron chi connectivity index (χ2n) is 8.71. The molecular weight excluding hydrogens is 407 g/mol. The number of hydrogen-bond donors (Lipinski definition) is 0. The van der Waals surface area contributed by atoms with E-state index in [1.807, 2.05) is 11.8 Å². The van der Waals surface area contributed by atoms with Crippen LogP contribution in [0.3, 0.4) is 0 Å². The molecule has 0 unspecified atom stereocenters. The minimum absolute atomic E-state index is 0.0701. The fourth-order valence-corrected chi connectivity index (χ4v) is 5.31. The van der Waals surface area contributed by atoms with Gasteiger partial charge in [-0.25, -0.2) is 0 Å². The van der Waals surface area contributed by atoms with Gasteiger partial charge in [-0.1, -0.05) is 53.7 Å². The zero-order chi connectivity index (χ0) is 18.9. The van der Waals surface area contributed by atoms with E-state index >= 15 is 0 Å². The van der Waals surface area contributed by atoms with Crippen molar-refractivity contribution in [1.82, 2.24) is 0 Å². The predicted octanol–water partition coefficient (Wildman–Crippen LogP) is 5.54. The van der Waals surface area contributed by atoms with Gasteiger partial charge in [-0.3, -0.25) is 0 Å². The van der Waals surface area contributed by atoms with E-state index in [1.54, 1.807) is 0 Å². The lowest BCUT2D eigenvalue weighted by Gasteiger charge is -2.35. The fourth-order valence-electron chi connectivity index (χ4n) is 3.59. The Balaban J connectivity index is 1.76. The summed E-state index contributed by atoms with van der Waals surface area (Å²) in [6, 6.07) is 13.2. The van der Waals surface area contributed by atoms with Gasteiger partial charge < -0.3 is 9.31 Å². The molecule has 4 rings (SSSR count). The van der Waals surface area contributed by atoms with Gasteiger partial charge in [0.15, 0.2) is 0 Å². The highest BCUT2D eigenvalue weighted by Gasteiger charge is 2.52. The van der Waals surface area contributed by atoms with Crippen molar-refractivity contribution in [3.63, 3.8) is 0 Å². The Morgan fingerprint density at radius 2 is 1.35 bits per heavy atom. The van der Waals surface area contributed by atoms with Crippen LogP contribution < -0.4 is 5.46 Å². The molecule has 26 heavy (non-hydrogen) atoms. The molecule has 0 saturated carbocycles. The van der Waals surface area contributed by atoms with E-state index < -0.39 is 0 Å². The molecule has 136 valence electrons. The Labute approximate surface area is 169 Å². The van der Waals surface area contributed by atoms with Crippen LogP contribution in [0.15, 0.2) is 50.7 Å². The summed E-state index contributed by atoms with van der Waals surface area (Å²) in [6.45, 7) is 13.0. The van der Waals surface area contributed by atoms with Gasteiger partial charge in [0.05, 0.1) is 11.2 Å². The molecule has 5 heteroatoms. The smallest absolute Gasteiger partial charge is 0.399 e. The number of halogens is 1. The summed E-state index contributed by atoms with van der Waals surface area (Å²) < 4.78 is 13.6. The quantitative estimate of drug-likeness (QED) is 0.553. The molecule has 2 aliphatic heterocycles. The number of fused-ring (bicyclic) bond motifs is 2. The van der Waals surface area contributed by atoms with Gasteiger partial charge in [-0.15, -0.1) is 0 Å². The highest BCUT2D eigenvalue weighted by molar-refractivity contribution is 9.10. The largest absolute Gasteiger partial charge is 0.494 e. The summed E-state index contributed by atoms with van der Waals surface area (Å²) in [4.78, 5) is 2.64. The zero-order valence-electron chi connectivity index (χ0n) is 16.1. The van der Waals surface area contributed by atoms with Gasteiger partial charge in [-0.05, 0) is 68.6 Å². The summed E-state index contributed by atoms with van der Waals surface area (Å²) in [5.41, 5.74) is 3.06. The first kappa shape index (κ1) is 18.6. The summed E-state index contributed by atoms with van der Waals surface area (Å²) in [5.74, 6) is 0. The third-order valence-electron chi connectivity index (χ3n) is 6.04. The van der Waals surface area contributed by atoms with Gasteiger partial charge >= 0.3 is 7.12 Å². The molecule has 1 saturated heterocycles. The van der Waals surface area contributed by atoms with Crippen molar-refractivity contribution in [3.8, 4) is 0 Å². The van der Waals surface area contributed by atoms with Gasteiger partial charge in [-0.2, -0.15) is 0 Å².